The molecule has 2 aromatic carbocycles. The number of anilines is 1. The summed E-state index contributed by atoms with van der Waals surface area (Å²) in [4.78, 5) is 25.3. The fourth-order valence-corrected chi connectivity index (χ4v) is 2.86. The van der Waals surface area contributed by atoms with Crippen LogP contribution in [0.3, 0.4) is 0 Å². The molecule has 0 atom stereocenters. The second-order valence-electron chi connectivity index (χ2n) is 5.59. The first-order valence-electron chi connectivity index (χ1n) is 7.71. The third-order valence-electron chi connectivity index (χ3n) is 4.02. The van der Waals surface area contributed by atoms with Crippen molar-refractivity contribution in [1.29, 1.82) is 0 Å². The van der Waals surface area contributed by atoms with Crippen molar-refractivity contribution < 1.29 is 4.79 Å². The van der Waals surface area contributed by atoms with Crippen LogP contribution in [0.25, 0.3) is 10.9 Å². The van der Waals surface area contributed by atoms with Crippen LogP contribution < -0.4 is 10.7 Å². The SMILES string of the molecule is CCn1cc(C(=O)Nc2cc(Cl)ccc2C)c(=O)c2ccccc21. The van der Waals surface area contributed by atoms with Crippen molar-refractivity contribution in [1.82, 2.24) is 4.57 Å². The average molecular weight is 341 g/mol. The van der Waals surface area contributed by atoms with Gasteiger partial charge in [0.15, 0.2) is 0 Å². The number of carbonyl (C=O) groups is 1. The number of aryl methyl sites for hydroxylation is 2. The molecular formula is C19H17ClN2O2. The van der Waals surface area contributed by atoms with Gasteiger partial charge in [-0.25, -0.2) is 0 Å². The Bertz CT molecular complexity index is 992. The summed E-state index contributed by atoms with van der Waals surface area (Å²) in [5.41, 5.74) is 2.15. The van der Waals surface area contributed by atoms with E-state index in [-0.39, 0.29) is 11.0 Å². The Morgan fingerprint density at radius 2 is 1.96 bits per heavy atom. The van der Waals surface area contributed by atoms with Crippen molar-refractivity contribution in [2.45, 2.75) is 20.4 Å². The number of carbonyl (C=O) groups excluding carboxylic acids is 1. The summed E-state index contributed by atoms with van der Waals surface area (Å²) in [5, 5.41) is 3.85. The topological polar surface area (TPSA) is 51.1 Å². The van der Waals surface area contributed by atoms with E-state index in [0.717, 1.165) is 11.1 Å². The molecule has 1 N–H and O–H groups in total. The van der Waals surface area contributed by atoms with Gasteiger partial charge in [-0.3, -0.25) is 9.59 Å². The standard InChI is InChI=1S/C19H17ClN2O2/c1-3-22-11-15(18(23)14-6-4-5-7-17(14)22)19(24)21-16-10-13(20)9-8-12(16)2/h4-11H,3H2,1-2H3,(H,21,24). The Morgan fingerprint density at radius 3 is 2.71 bits per heavy atom. The minimum Gasteiger partial charge on any atom is -0.347 e. The maximum Gasteiger partial charge on any atom is 0.261 e. The monoisotopic (exact) mass is 340 g/mol. The van der Waals surface area contributed by atoms with Crippen LogP contribution in [0.2, 0.25) is 5.02 Å². The molecule has 5 heteroatoms. The first-order chi connectivity index (χ1) is 11.5. The lowest BCUT2D eigenvalue weighted by Crippen LogP contribution is -2.24. The van der Waals surface area contributed by atoms with Gasteiger partial charge in [0, 0.05) is 28.8 Å². The number of benzene rings is 2. The fraction of sp³-hybridized carbons (Fsp3) is 0.158. The van der Waals surface area contributed by atoms with Gasteiger partial charge < -0.3 is 9.88 Å². The van der Waals surface area contributed by atoms with E-state index in [4.69, 9.17) is 11.6 Å². The van der Waals surface area contributed by atoms with E-state index in [1.165, 1.54) is 0 Å². The minimum absolute atomic E-state index is 0.120. The van der Waals surface area contributed by atoms with Crippen LogP contribution >= 0.6 is 11.6 Å². The second kappa shape index (κ2) is 6.49. The average Bonchev–Trinajstić information content (AvgIpc) is 2.58. The van der Waals surface area contributed by atoms with Crippen LogP contribution in [0.15, 0.2) is 53.5 Å². The molecular weight excluding hydrogens is 324 g/mol. The van der Waals surface area contributed by atoms with E-state index in [1.54, 1.807) is 30.5 Å². The molecule has 0 fully saturated rings. The number of nitrogens with zero attached hydrogens (tertiary/aromatic N) is 1. The van der Waals surface area contributed by atoms with Gasteiger partial charge in [0.1, 0.15) is 5.56 Å². The Kier molecular flexibility index (Phi) is 4.40. The van der Waals surface area contributed by atoms with Gasteiger partial charge in [-0.05, 0) is 43.7 Å². The van der Waals surface area contributed by atoms with Crippen molar-refractivity contribution in [3.63, 3.8) is 0 Å². The molecule has 1 aromatic heterocycles. The van der Waals surface area contributed by atoms with E-state index < -0.39 is 5.91 Å². The second-order valence-corrected chi connectivity index (χ2v) is 6.02. The molecule has 0 saturated carbocycles. The van der Waals surface area contributed by atoms with Crippen LogP contribution in [0.4, 0.5) is 5.69 Å². The lowest BCUT2D eigenvalue weighted by molar-refractivity contribution is 0.102. The van der Waals surface area contributed by atoms with Gasteiger partial charge in [-0.2, -0.15) is 0 Å². The third kappa shape index (κ3) is 2.93. The summed E-state index contributed by atoms with van der Waals surface area (Å²) in [6, 6.07) is 12.5. The molecule has 1 heterocycles. The highest BCUT2D eigenvalue weighted by Gasteiger charge is 2.16. The molecule has 0 bridgehead atoms. The quantitative estimate of drug-likeness (QED) is 0.775. The van der Waals surface area contributed by atoms with Gasteiger partial charge in [-0.15, -0.1) is 0 Å². The number of nitrogens with one attached hydrogen (secondary N) is 1. The Labute approximate surface area is 144 Å². The molecule has 1 amide bonds. The van der Waals surface area contributed by atoms with Gasteiger partial charge in [0.2, 0.25) is 5.43 Å². The van der Waals surface area contributed by atoms with Crippen LogP contribution in [0.1, 0.15) is 22.8 Å². The summed E-state index contributed by atoms with van der Waals surface area (Å²) < 4.78 is 1.90. The summed E-state index contributed by atoms with van der Waals surface area (Å²) in [6.07, 6.45) is 1.61. The molecule has 4 nitrogen and oxygen atoms in total. The van der Waals surface area contributed by atoms with E-state index in [1.807, 2.05) is 36.6 Å². The number of pyridine rings is 1. The molecule has 0 unspecified atom stereocenters. The van der Waals surface area contributed by atoms with Gasteiger partial charge in [0.25, 0.3) is 5.91 Å². The lowest BCUT2D eigenvalue weighted by atomic mass is 10.1. The van der Waals surface area contributed by atoms with E-state index >= 15 is 0 Å². The number of rotatable bonds is 3. The maximum absolute atomic E-state index is 12.7. The third-order valence-corrected chi connectivity index (χ3v) is 4.26. The zero-order valence-corrected chi connectivity index (χ0v) is 14.2. The lowest BCUT2D eigenvalue weighted by Gasteiger charge is -2.12. The van der Waals surface area contributed by atoms with Gasteiger partial charge in [0.05, 0.1) is 5.52 Å². The zero-order chi connectivity index (χ0) is 17.3. The van der Waals surface area contributed by atoms with Crippen LogP contribution in [-0.2, 0) is 6.54 Å². The largest absolute Gasteiger partial charge is 0.347 e. The number of fused-ring (bicyclic) bond motifs is 1. The number of hydrogen-bond acceptors (Lipinski definition) is 2. The molecule has 3 aromatic rings. The fourth-order valence-electron chi connectivity index (χ4n) is 2.69. The molecule has 0 radical (unpaired) electrons. The Morgan fingerprint density at radius 1 is 1.21 bits per heavy atom. The van der Waals surface area contributed by atoms with Crippen molar-refractivity contribution in [3.8, 4) is 0 Å². The van der Waals surface area contributed by atoms with Gasteiger partial charge >= 0.3 is 0 Å². The predicted octanol–water partition coefficient (Wildman–Crippen LogP) is 4.24. The van der Waals surface area contributed by atoms with Crippen molar-refractivity contribution >= 4 is 34.1 Å². The molecule has 0 aliphatic carbocycles. The van der Waals surface area contributed by atoms with Crippen molar-refractivity contribution in [2.24, 2.45) is 0 Å². The molecule has 0 saturated heterocycles. The zero-order valence-electron chi connectivity index (χ0n) is 13.5. The summed E-state index contributed by atoms with van der Waals surface area (Å²) >= 11 is 5.99. The number of amides is 1. The number of hydrogen-bond donors (Lipinski definition) is 1. The van der Waals surface area contributed by atoms with E-state index in [2.05, 4.69) is 5.32 Å². The number of aromatic nitrogens is 1. The van der Waals surface area contributed by atoms with Crippen LogP contribution in [-0.4, -0.2) is 10.5 Å². The molecule has 24 heavy (non-hydrogen) atoms. The van der Waals surface area contributed by atoms with Crippen LogP contribution in [0, 0.1) is 6.92 Å². The highest BCUT2D eigenvalue weighted by Crippen LogP contribution is 2.21. The molecule has 3 rings (SSSR count). The Balaban J connectivity index is 2.09. The van der Waals surface area contributed by atoms with E-state index in [9.17, 15) is 9.59 Å². The summed E-state index contributed by atoms with van der Waals surface area (Å²) in [7, 11) is 0. The first-order valence-corrected chi connectivity index (χ1v) is 8.08. The molecule has 0 aliphatic heterocycles. The van der Waals surface area contributed by atoms with E-state index in [0.29, 0.717) is 22.6 Å². The van der Waals surface area contributed by atoms with Crippen molar-refractivity contribution in [3.05, 3.63) is 75.0 Å². The summed E-state index contributed by atoms with van der Waals surface area (Å²) in [6.45, 7) is 4.51. The molecule has 0 spiro atoms. The van der Waals surface area contributed by atoms with Crippen LogP contribution in [0.5, 0.6) is 0 Å². The normalized spacial score (nSPS) is 10.8. The minimum atomic E-state index is -0.432. The van der Waals surface area contributed by atoms with Gasteiger partial charge in [-0.1, -0.05) is 29.8 Å². The maximum atomic E-state index is 12.7. The first kappa shape index (κ1) is 16.3. The predicted molar refractivity (Wildman–Crippen MR) is 98.0 cm³/mol. The number of halogens is 1. The summed E-state index contributed by atoms with van der Waals surface area (Å²) in [5.74, 6) is -0.432. The highest BCUT2D eigenvalue weighted by molar-refractivity contribution is 6.31. The number of para-hydroxylation sites is 1. The molecule has 0 aliphatic rings. The molecule has 122 valence electrons. The smallest absolute Gasteiger partial charge is 0.261 e. The Hall–Kier alpha value is -2.59. The highest BCUT2D eigenvalue weighted by atomic mass is 35.5. The van der Waals surface area contributed by atoms with Crippen molar-refractivity contribution in [2.75, 3.05) is 5.32 Å².